The number of nitrogens with zero attached hydrogens (tertiary/aromatic N) is 1. The molecular weight excluding hydrogens is 392 g/mol. The normalized spacial score (nSPS) is 15.2. The minimum absolute atomic E-state index is 0.219. The van der Waals surface area contributed by atoms with Gasteiger partial charge in [-0.1, -0.05) is 12.1 Å². The maximum absolute atomic E-state index is 13.4. The highest BCUT2D eigenvalue weighted by molar-refractivity contribution is 6.00. The van der Waals surface area contributed by atoms with Crippen molar-refractivity contribution in [2.75, 3.05) is 26.3 Å². The van der Waals surface area contributed by atoms with Gasteiger partial charge in [-0.25, -0.2) is 8.78 Å². The van der Waals surface area contributed by atoms with Crippen molar-refractivity contribution in [3.8, 4) is 0 Å². The summed E-state index contributed by atoms with van der Waals surface area (Å²) in [5, 5.41) is 3.34. The molecule has 0 saturated carbocycles. The molecule has 2 aromatic carbocycles. The lowest BCUT2D eigenvalue weighted by Gasteiger charge is -2.30. The van der Waals surface area contributed by atoms with Crippen LogP contribution in [0.5, 0.6) is 0 Å². The Labute approximate surface area is 171 Å². The number of nitrogens with one attached hydrogen (secondary N) is 2. The van der Waals surface area contributed by atoms with Gasteiger partial charge in [-0.3, -0.25) is 9.59 Å². The average molecular weight is 413 g/mol. The van der Waals surface area contributed by atoms with Crippen LogP contribution in [-0.2, 0) is 16.0 Å². The van der Waals surface area contributed by atoms with E-state index in [2.05, 4.69) is 10.3 Å². The summed E-state index contributed by atoms with van der Waals surface area (Å²) >= 11 is 0. The monoisotopic (exact) mass is 413 g/mol. The molecular formula is C22H21F2N3O3. The number of rotatable bonds is 5. The predicted molar refractivity (Wildman–Crippen MR) is 107 cm³/mol. The number of benzene rings is 2. The van der Waals surface area contributed by atoms with Crippen LogP contribution in [0, 0.1) is 11.6 Å². The second-order valence-electron chi connectivity index (χ2n) is 7.21. The number of carbonyl (C=O) groups excluding carboxylic acids is 2. The predicted octanol–water partition coefficient (Wildman–Crippen LogP) is 2.65. The molecule has 2 N–H and O–H groups in total. The van der Waals surface area contributed by atoms with Crippen LogP contribution in [0.2, 0.25) is 0 Å². The minimum atomic E-state index is -0.829. The molecule has 6 nitrogen and oxygen atoms in total. The number of halogens is 2. The molecule has 2 heterocycles. The zero-order valence-electron chi connectivity index (χ0n) is 16.2. The number of amides is 2. The molecule has 2 amide bonds. The van der Waals surface area contributed by atoms with Crippen molar-refractivity contribution in [1.82, 2.24) is 15.2 Å². The zero-order valence-corrected chi connectivity index (χ0v) is 16.2. The molecule has 1 fully saturated rings. The maximum atomic E-state index is 13.4. The van der Waals surface area contributed by atoms with E-state index in [9.17, 15) is 18.4 Å². The van der Waals surface area contributed by atoms with Gasteiger partial charge in [0.1, 0.15) is 23.4 Å². The topological polar surface area (TPSA) is 74.4 Å². The van der Waals surface area contributed by atoms with Gasteiger partial charge in [0.05, 0.1) is 13.2 Å². The van der Waals surface area contributed by atoms with Crippen molar-refractivity contribution in [2.45, 2.75) is 12.5 Å². The van der Waals surface area contributed by atoms with Crippen molar-refractivity contribution in [2.24, 2.45) is 0 Å². The number of ether oxygens (including phenoxy) is 1. The Bertz CT molecular complexity index is 1060. The number of aromatic nitrogens is 1. The first kappa shape index (κ1) is 20.0. The summed E-state index contributed by atoms with van der Waals surface area (Å²) in [5.74, 6) is -1.47. The first-order valence-corrected chi connectivity index (χ1v) is 9.70. The van der Waals surface area contributed by atoms with Crippen molar-refractivity contribution < 1.29 is 23.1 Å². The number of carbonyl (C=O) groups is 2. The van der Waals surface area contributed by atoms with E-state index < -0.39 is 17.8 Å². The van der Waals surface area contributed by atoms with Crippen LogP contribution < -0.4 is 5.32 Å². The fraction of sp³-hybridized carbons (Fsp3) is 0.273. The molecule has 3 aromatic rings. The zero-order chi connectivity index (χ0) is 21.1. The highest BCUT2D eigenvalue weighted by Crippen LogP contribution is 2.17. The minimum Gasteiger partial charge on any atom is -0.378 e. The Morgan fingerprint density at radius 2 is 1.73 bits per heavy atom. The molecule has 1 aromatic heterocycles. The summed E-state index contributed by atoms with van der Waals surface area (Å²) in [4.78, 5) is 30.5. The van der Waals surface area contributed by atoms with Gasteiger partial charge in [0.15, 0.2) is 0 Å². The third-order valence-electron chi connectivity index (χ3n) is 5.11. The Hall–Kier alpha value is -3.26. The number of hydrogen-bond donors (Lipinski definition) is 2. The maximum Gasteiger partial charge on any atom is 0.268 e. The second kappa shape index (κ2) is 8.62. The Balaban J connectivity index is 1.56. The van der Waals surface area contributed by atoms with Gasteiger partial charge >= 0.3 is 0 Å². The van der Waals surface area contributed by atoms with Crippen LogP contribution in [0.15, 0.2) is 48.5 Å². The molecule has 8 heteroatoms. The highest BCUT2D eigenvalue weighted by atomic mass is 19.1. The SMILES string of the molecule is O=C(N[C@@H](Cc1ccc(F)cc1)C(=O)N1CCOCC1)c1cc2cc(F)ccc2[nH]1. The van der Waals surface area contributed by atoms with E-state index in [-0.39, 0.29) is 23.8 Å². The van der Waals surface area contributed by atoms with Crippen LogP contribution in [0.1, 0.15) is 16.1 Å². The molecule has 0 unspecified atom stereocenters. The standard InChI is InChI=1S/C22H21F2N3O3/c23-16-3-1-14(2-4-16)11-20(22(29)27-7-9-30-10-8-27)26-21(28)19-13-15-12-17(24)5-6-18(15)25-19/h1-6,12-13,20,25H,7-11H2,(H,26,28)/t20-/m0/s1. The Morgan fingerprint density at radius 1 is 1.03 bits per heavy atom. The lowest BCUT2D eigenvalue weighted by atomic mass is 10.0. The van der Waals surface area contributed by atoms with Crippen molar-refractivity contribution in [3.63, 3.8) is 0 Å². The molecule has 30 heavy (non-hydrogen) atoms. The summed E-state index contributed by atoms with van der Waals surface area (Å²) in [7, 11) is 0. The van der Waals surface area contributed by atoms with Crippen molar-refractivity contribution in [1.29, 1.82) is 0 Å². The molecule has 0 aliphatic carbocycles. The van der Waals surface area contributed by atoms with Gasteiger partial charge in [0.25, 0.3) is 5.91 Å². The van der Waals surface area contributed by atoms with E-state index in [4.69, 9.17) is 4.74 Å². The Kier molecular flexibility index (Phi) is 5.76. The number of morpholine rings is 1. The van der Waals surface area contributed by atoms with Crippen molar-refractivity contribution in [3.05, 3.63) is 71.4 Å². The molecule has 1 aliphatic heterocycles. The number of H-pyrrole nitrogens is 1. The lowest BCUT2D eigenvalue weighted by molar-refractivity contribution is -0.137. The lowest BCUT2D eigenvalue weighted by Crippen LogP contribution is -2.52. The first-order valence-electron chi connectivity index (χ1n) is 9.70. The van der Waals surface area contributed by atoms with Crippen molar-refractivity contribution >= 4 is 22.7 Å². The molecule has 1 aliphatic rings. The molecule has 0 bridgehead atoms. The van der Waals surface area contributed by atoms with Gasteiger partial charge in [-0.05, 0) is 42.0 Å². The summed E-state index contributed by atoms with van der Waals surface area (Å²) in [6, 6.07) is 10.7. The molecule has 1 saturated heterocycles. The van der Waals surface area contributed by atoms with E-state index in [1.807, 2.05) is 0 Å². The second-order valence-corrected chi connectivity index (χ2v) is 7.21. The molecule has 1 atom stereocenters. The summed E-state index contributed by atoms with van der Waals surface area (Å²) < 4.78 is 32.0. The molecule has 156 valence electrons. The van der Waals surface area contributed by atoms with Gasteiger partial charge in [0.2, 0.25) is 5.91 Å². The van der Waals surface area contributed by atoms with Crippen LogP contribution in [0.3, 0.4) is 0 Å². The fourth-order valence-corrected chi connectivity index (χ4v) is 3.52. The van der Waals surface area contributed by atoms with E-state index in [1.165, 1.54) is 24.3 Å². The third-order valence-corrected chi connectivity index (χ3v) is 5.11. The summed E-state index contributed by atoms with van der Waals surface area (Å²) in [6.07, 6.45) is 0.219. The summed E-state index contributed by atoms with van der Waals surface area (Å²) in [6.45, 7) is 1.77. The number of fused-ring (bicyclic) bond motifs is 1. The van der Waals surface area contributed by atoms with E-state index in [0.29, 0.717) is 37.2 Å². The summed E-state index contributed by atoms with van der Waals surface area (Å²) in [5.41, 5.74) is 1.58. The van der Waals surface area contributed by atoms with Crippen LogP contribution >= 0.6 is 0 Å². The Morgan fingerprint density at radius 3 is 2.47 bits per heavy atom. The van der Waals surface area contributed by atoms with Gasteiger partial charge in [0, 0.05) is 30.4 Å². The van der Waals surface area contributed by atoms with Crippen LogP contribution in [-0.4, -0.2) is 54.0 Å². The van der Waals surface area contributed by atoms with Gasteiger partial charge in [-0.15, -0.1) is 0 Å². The van der Waals surface area contributed by atoms with Gasteiger partial charge < -0.3 is 19.9 Å². The molecule has 0 spiro atoms. The fourth-order valence-electron chi connectivity index (χ4n) is 3.52. The molecule has 0 radical (unpaired) electrons. The van der Waals surface area contributed by atoms with E-state index in [1.54, 1.807) is 29.2 Å². The number of hydrogen-bond acceptors (Lipinski definition) is 3. The average Bonchev–Trinajstić information content (AvgIpc) is 3.18. The third kappa shape index (κ3) is 4.49. The molecule has 4 rings (SSSR count). The van der Waals surface area contributed by atoms with Gasteiger partial charge in [-0.2, -0.15) is 0 Å². The van der Waals surface area contributed by atoms with E-state index in [0.717, 1.165) is 5.56 Å². The largest absolute Gasteiger partial charge is 0.378 e. The quantitative estimate of drug-likeness (QED) is 0.675. The number of aromatic amines is 1. The highest BCUT2D eigenvalue weighted by Gasteiger charge is 2.28. The van der Waals surface area contributed by atoms with Crippen LogP contribution in [0.25, 0.3) is 10.9 Å². The van der Waals surface area contributed by atoms with E-state index >= 15 is 0 Å². The first-order chi connectivity index (χ1) is 14.5. The van der Waals surface area contributed by atoms with Crippen LogP contribution in [0.4, 0.5) is 8.78 Å². The smallest absolute Gasteiger partial charge is 0.268 e.